The second kappa shape index (κ2) is 8.08. The van der Waals surface area contributed by atoms with Crippen molar-refractivity contribution in [1.29, 1.82) is 0 Å². The van der Waals surface area contributed by atoms with E-state index in [9.17, 15) is 9.59 Å². The molecular formula is C18H23N3O2S. The van der Waals surface area contributed by atoms with E-state index in [0.29, 0.717) is 17.8 Å². The fourth-order valence-corrected chi connectivity index (χ4v) is 3.25. The number of carbonyl (C=O) groups excluding carboxylic acids is 2. The van der Waals surface area contributed by atoms with Crippen LogP contribution in [-0.4, -0.2) is 49.3 Å². The number of anilines is 1. The zero-order valence-corrected chi connectivity index (χ0v) is 15.3. The van der Waals surface area contributed by atoms with Gasteiger partial charge in [0.2, 0.25) is 5.91 Å². The van der Waals surface area contributed by atoms with Crippen molar-refractivity contribution in [3.8, 4) is 0 Å². The van der Waals surface area contributed by atoms with Crippen LogP contribution in [0.25, 0.3) is 0 Å². The Balaban J connectivity index is 1.88. The summed E-state index contributed by atoms with van der Waals surface area (Å²) < 4.78 is 0. The molecule has 0 bridgehead atoms. The van der Waals surface area contributed by atoms with Gasteiger partial charge in [-0.05, 0) is 55.2 Å². The number of hydrogen-bond acceptors (Lipinski definition) is 4. The van der Waals surface area contributed by atoms with Gasteiger partial charge in [-0.25, -0.2) is 0 Å². The van der Waals surface area contributed by atoms with Crippen LogP contribution in [0.15, 0.2) is 35.7 Å². The maximum atomic E-state index is 12.1. The molecule has 5 nitrogen and oxygen atoms in total. The van der Waals surface area contributed by atoms with Crippen molar-refractivity contribution in [2.24, 2.45) is 0 Å². The van der Waals surface area contributed by atoms with E-state index in [1.165, 1.54) is 15.3 Å². The van der Waals surface area contributed by atoms with Gasteiger partial charge in [0.15, 0.2) is 0 Å². The largest absolute Gasteiger partial charge is 0.345 e. The van der Waals surface area contributed by atoms with E-state index < -0.39 is 0 Å². The zero-order chi connectivity index (χ0) is 17.7. The fourth-order valence-electron chi connectivity index (χ4n) is 2.27. The number of aryl methyl sites for hydroxylation is 1. The molecular weight excluding hydrogens is 322 g/mol. The molecule has 6 heteroatoms. The summed E-state index contributed by atoms with van der Waals surface area (Å²) in [6, 6.07) is 9.02. The maximum absolute atomic E-state index is 12.1. The Labute approximate surface area is 146 Å². The predicted molar refractivity (Wildman–Crippen MR) is 98.5 cm³/mol. The van der Waals surface area contributed by atoms with Crippen molar-refractivity contribution in [3.63, 3.8) is 0 Å². The molecule has 2 aromatic rings. The van der Waals surface area contributed by atoms with E-state index in [4.69, 9.17) is 0 Å². The molecule has 0 aliphatic rings. The van der Waals surface area contributed by atoms with E-state index in [-0.39, 0.29) is 11.8 Å². The number of rotatable bonds is 6. The minimum Gasteiger partial charge on any atom is -0.345 e. The summed E-state index contributed by atoms with van der Waals surface area (Å²) in [6.07, 6.45) is 0. The van der Waals surface area contributed by atoms with Crippen LogP contribution in [-0.2, 0) is 11.3 Å². The van der Waals surface area contributed by atoms with Crippen LogP contribution in [0.4, 0.5) is 5.69 Å². The van der Waals surface area contributed by atoms with Gasteiger partial charge < -0.3 is 10.2 Å². The first-order valence-corrected chi connectivity index (χ1v) is 8.58. The van der Waals surface area contributed by atoms with Crippen LogP contribution in [0.3, 0.4) is 0 Å². The van der Waals surface area contributed by atoms with Crippen molar-refractivity contribution in [2.45, 2.75) is 13.5 Å². The number of nitrogens with one attached hydrogen (secondary N) is 1. The van der Waals surface area contributed by atoms with Crippen LogP contribution in [0.1, 0.15) is 20.8 Å². The Morgan fingerprint density at radius 2 is 1.75 bits per heavy atom. The van der Waals surface area contributed by atoms with Crippen molar-refractivity contribution in [1.82, 2.24) is 9.80 Å². The Kier molecular flexibility index (Phi) is 6.11. The molecule has 0 spiro atoms. The molecule has 1 heterocycles. The van der Waals surface area contributed by atoms with Gasteiger partial charge in [-0.3, -0.25) is 14.5 Å². The number of benzene rings is 1. The van der Waals surface area contributed by atoms with Gasteiger partial charge in [0.05, 0.1) is 6.54 Å². The smallest absolute Gasteiger partial charge is 0.253 e. The number of likely N-dealkylation sites (N-methyl/N-ethyl adjacent to an activating group) is 1. The van der Waals surface area contributed by atoms with Crippen molar-refractivity contribution in [3.05, 3.63) is 51.7 Å². The van der Waals surface area contributed by atoms with Crippen LogP contribution < -0.4 is 5.32 Å². The summed E-state index contributed by atoms with van der Waals surface area (Å²) in [4.78, 5) is 28.8. The fraction of sp³-hybridized carbons (Fsp3) is 0.333. The molecule has 24 heavy (non-hydrogen) atoms. The average Bonchev–Trinajstić information content (AvgIpc) is 2.92. The monoisotopic (exact) mass is 345 g/mol. The lowest BCUT2D eigenvalue weighted by Crippen LogP contribution is -2.29. The summed E-state index contributed by atoms with van der Waals surface area (Å²) in [5.41, 5.74) is 2.55. The molecule has 0 saturated carbocycles. The molecule has 0 unspecified atom stereocenters. The highest BCUT2D eigenvalue weighted by Gasteiger charge is 2.11. The van der Waals surface area contributed by atoms with Crippen LogP contribution in [0.5, 0.6) is 0 Å². The summed E-state index contributed by atoms with van der Waals surface area (Å²) in [7, 11) is 5.35. The van der Waals surface area contributed by atoms with Gasteiger partial charge in [-0.1, -0.05) is 0 Å². The summed E-state index contributed by atoms with van der Waals surface area (Å²) in [5.74, 6) is -0.127. The Hall–Kier alpha value is -2.18. The molecule has 0 aliphatic heterocycles. The SMILES string of the molecule is Cc1ccsc1CN(C)CC(=O)Nc1ccc(C(=O)N(C)C)cc1. The second-order valence-corrected chi connectivity index (χ2v) is 7.02. The van der Waals surface area contributed by atoms with E-state index in [0.717, 1.165) is 6.54 Å². The lowest BCUT2D eigenvalue weighted by atomic mass is 10.2. The number of thiophene rings is 1. The normalized spacial score (nSPS) is 10.7. The van der Waals surface area contributed by atoms with Crippen molar-refractivity contribution in [2.75, 3.05) is 33.0 Å². The van der Waals surface area contributed by atoms with Gasteiger partial charge in [-0.15, -0.1) is 11.3 Å². The quantitative estimate of drug-likeness (QED) is 0.876. The minimum atomic E-state index is -0.0709. The average molecular weight is 345 g/mol. The van der Waals surface area contributed by atoms with E-state index in [1.807, 2.05) is 11.9 Å². The van der Waals surface area contributed by atoms with Crippen molar-refractivity contribution < 1.29 is 9.59 Å². The third-order valence-corrected chi connectivity index (χ3v) is 4.62. The van der Waals surface area contributed by atoms with Gasteiger partial charge >= 0.3 is 0 Å². The first kappa shape index (κ1) is 18.2. The van der Waals surface area contributed by atoms with Gasteiger partial charge in [-0.2, -0.15) is 0 Å². The van der Waals surface area contributed by atoms with Crippen LogP contribution in [0.2, 0.25) is 0 Å². The van der Waals surface area contributed by atoms with Crippen LogP contribution in [0, 0.1) is 6.92 Å². The molecule has 2 amide bonds. The first-order chi connectivity index (χ1) is 11.4. The molecule has 2 rings (SSSR count). The van der Waals surface area contributed by atoms with Crippen molar-refractivity contribution >= 4 is 28.8 Å². The summed E-state index contributed by atoms with van der Waals surface area (Å²) >= 11 is 1.71. The maximum Gasteiger partial charge on any atom is 0.253 e. The van der Waals surface area contributed by atoms with E-state index in [1.54, 1.807) is 49.7 Å². The first-order valence-electron chi connectivity index (χ1n) is 7.70. The molecule has 0 aliphatic carbocycles. The summed E-state index contributed by atoms with van der Waals surface area (Å²) in [5, 5.41) is 4.92. The highest BCUT2D eigenvalue weighted by atomic mass is 32.1. The zero-order valence-electron chi connectivity index (χ0n) is 14.5. The molecule has 0 atom stereocenters. The third kappa shape index (κ3) is 4.91. The lowest BCUT2D eigenvalue weighted by Gasteiger charge is -2.16. The number of carbonyl (C=O) groups is 2. The minimum absolute atomic E-state index is 0.0565. The Morgan fingerprint density at radius 1 is 1.08 bits per heavy atom. The van der Waals surface area contributed by atoms with Gasteiger partial charge in [0, 0.05) is 36.8 Å². The van der Waals surface area contributed by atoms with E-state index in [2.05, 4.69) is 23.7 Å². The summed E-state index contributed by atoms with van der Waals surface area (Å²) in [6.45, 7) is 3.15. The number of nitrogens with zero attached hydrogens (tertiary/aromatic N) is 2. The highest BCUT2D eigenvalue weighted by Crippen LogP contribution is 2.17. The van der Waals surface area contributed by atoms with Crippen LogP contribution >= 0.6 is 11.3 Å². The molecule has 128 valence electrons. The Morgan fingerprint density at radius 3 is 2.29 bits per heavy atom. The predicted octanol–water partition coefficient (Wildman–Crippen LogP) is 2.83. The second-order valence-electron chi connectivity index (χ2n) is 6.02. The standard InChI is InChI=1S/C18H23N3O2S/c1-13-9-10-24-16(13)11-21(4)12-17(22)19-15-7-5-14(6-8-15)18(23)20(2)3/h5-10H,11-12H2,1-4H3,(H,19,22). The molecule has 0 fully saturated rings. The lowest BCUT2D eigenvalue weighted by molar-refractivity contribution is -0.117. The highest BCUT2D eigenvalue weighted by molar-refractivity contribution is 7.10. The molecule has 1 N–H and O–H groups in total. The molecule has 1 aromatic carbocycles. The molecule has 0 saturated heterocycles. The molecule has 0 radical (unpaired) electrons. The topological polar surface area (TPSA) is 52.7 Å². The van der Waals surface area contributed by atoms with Gasteiger partial charge in [0.25, 0.3) is 5.91 Å². The Bertz CT molecular complexity index is 707. The third-order valence-electron chi connectivity index (χ3n) is 3.62. The number of hydrogen-bond donors (Lipinski definition) is 1. The van der Waals surface area contributed by atoms with E-state index >= 15 is 0 Å². The van der Waals surface area contributed by atoms with Gasteiger partial charge in [0.1, 0.15) is 0 Å². The number of amides is 2. The molecule has 1 aromatic heterocycles.